The molecule has 2 N–H and O–H groups in total. The summed E-state index contributed by atoms with van der Waals surface area (Å²) in [4.78, 5) is 4.33. The molecule has 0 bridgehead atoms. The number of aryl methyl sites for hydroxylation is 1. The van der Waals surface area contributed by atoms with Gasteiger partial charge in [0.1, 0.15) is 0 Å². The molecule has 0 radical (unpaired) electrons. The first-order valence-corrected chi connectivity index (χ1v) is 5.37. The number of pyridine rings is 1. The summed E-state index contributed by atoms with van der Waals surface area (Å²) in [5.41, 5.74) is 7.61. The molecular weight excluding hydrogens is 188 g/mol. The average Bonchev–Trinajstić information content (AvgIpc) is 2.16. The molecule has 0 aliphatic heterocycles. The SMILES string of the molecule is Cc1cc(CN)cc(OC(C)C(C)C)n1. The van der Waals surface area contributed by atoms with Crippen molar-refractivity contribution in [1.29, 1.82) is 0 Å². The van der Waals surface area contributed by atoms with Gasteiger partial charge in [0.2, 0.25) is 5.88 Å². The van der Waals surface area contributed by atoms with Crippen molar-refractivity contribution < 1.29 is 4.74 Å². The second-order valence-corrected chi connectivity index (χ2v) is 4.23. The zero-order valence-electron chi connectivity index (χ0n) is 9.95. The minimum atomic E-state index is 0.171. The summed E-state index contributed by atoms with van der Waals surface area (Å²) in [6.07, 6.45) is 0.171. The Balaban J connectivity index is 2.80. The van der Waals surface area contributed by atoms with Crippen LogP contribution in [-0.4, -0.2) is 11.1 Å². The molecule has 1 aromatic heterocycles. The van der Waals surface area contributed by atoms with E-state index in [0.29, 0.717) is 18.3 Å². The molecule has 84 valence electrons. The van der Waals surface area contributed by atoms with Crippen LogP contribution < -0.4 is 10.5 Å². The Labute approximate surface area is 91.7 Å². The van der Waals surface area contributed by atoms with E-state index in [-0.39, 0.29) is 6.10 Å². The van der Waals surface area contributed by atoms with E-state index in [1.165, 1.54) is 0 Å². The lowest BCUT2D eigenvalue weighted by atomic mass is 10.1. The van der Waals surface area contributed by atoms with Gasteiger partial charge in [0.15, 0.2) is 0 Å². The van der Waals surface area contributed by atoms with Crippen LogP contribution in [0.5, 0.6) is 5.88 Å². The van der Waals surface area contributed by atoms with E-state index >= 15 is 0 Å². The number of nitrogens with two attached hydrogens (primary N) is 1. The van der Waals surface area contributed by atoms with E-state index in [1.54, 1.807) is 0 Å². The molecule has 15 heavy (non-hydrogen) atoms. The Kier molecular flexibility index (Phi) is 4.09. The fourth-order valence-electron chi connectivity index (χ4n) is 1.21. The van der Waals surface area contributed by atoms with Crippen molar-refractivity contribution in [2.45, 2.75) is 40.3 Å². The third kappa shape index (κ3) is 3.51. The molecule has 3 heteroatoms. The van der Waals surface area contributed by atoms with Crippen molar-refractivity contribution in [3.8, 4) is 5.88 Å². The number of ether oxygens (including phenoxy) is 1. The minimum absolute atomic E-state index is 0.171. The predicted octanol–water partition coefficient (Wildman–Crippen LogP) is 2.27. The van der Waals surface area contributed by atoms with Gasteiger partial charge in [-0.25, -0.2) is 4.98 Å². The van der Waals surface area contributed by atoms with Gasteiger partial charge in [0.25, 0.3) is 0 Å². The molecular formula is C12H20N2O. The van der Waals surface area contributed by atoms with Crippen LogP contribution >= 0.6 is 0 Å². The second kappa shape index (κ2) is 5.12. The Morgan fingerprint density at radius 3 is 2.53 bits per heavy atom. The first-order chi connectivity index (χ1) is 7.02. The van der Waals surface area contributed by atoms with Gasteiger partial charge in [-0.2, -0.15) is 0 Å². The molecule has 3 nitrogen and oxygen atoms in total. The third-order valence-electron chi connectivity index (χ3n) is 2.47. The van der Waals surface area contributed by atoms with Gasteiger partial charge in [-0.1, -0.05) is 13.8 Å². The van der Waals surface area contributed by atoms with Gasteiger partial charge in [-0.05, 0) is 31.4 Å². The van der Waals surface area contributed by atoms with Gasteiger partial charge in [-0.3, -0.25) is 0 Å². The highest BCUT2D eigenvalue weighted by molar-refractivity contribution is 5.24. The number of aromatic nitrogens is 1. The van der Waals surface area contributed by atoms with Crippen molar-refractivity contribution >= 4 is 0 Å². The molecule has 1 aromatic rings. The number of nitrogens with zero attached hydrogens (tertiary/aromatic N) is 1. The van der Waals surface area contributed by atoms with Crippen LogP contribution in [0.2, 0.25) is 0 Å². The standard InChI is InChI=1S/C12H20N2O/c1-8(2)10(4)15-12-6-11(7-13)5-9(3)14-12/h5-6,8,10H,7,13H2,1-4H3. The molecule has 0 aliphatic carbocycles. The van der Waals surface area contributed by atoms with Crippen LogP contribution in [0.15, 0.2) is 12.1 Å². The highest BCUT2D eigenvalue weighted by atomic mass is 16.5. The normalized spacial score (nSPS) is 12.9. The fourth-order valence-corrected chi connectivity index (χ4v) is 1.21. The van der Waals surface area contributed by atoms with Crippen molar-refractivity contribution in [1.82, 2.24) is 4.98 Å². The predicted molar refractivity (Wildman–Crippen MR) is 61.8 cm³/mol. The van der Waals surface area contributed by atoms with Crippen LogP contribution in [0, 0.1) is 12.8 Å². The summed E-state index contributed by atoms with van der Waals surface area (Å²) in [7, 11) is 0. The molecule has 1 unspecified atom stereocenters. The monoisotopic (exact) mass is 208 g/mol. The van der Waals surface area contributed by atoms with Crippen molar-refractivity contribution in [2.24, 2.45) is 11.7 Å². The van der Waals surface area contributed by atoms with E-state index in [0.717, 1.165) is 11.3 Å². The van der Waals surface area contributed by atoms with Gasteiger partial charge in [-0.15, -0.1) is 0 Å². The molecule has 0 aliphatic rings. The lowest BCUT2D eigenvalue weighted by Gasteiger charge is -2.17. The van der Waals surface area contributed by atoms with E-state index in [2.05, 4.69) is 25.8 Å². The van der Waals surface area contributed by atoms with Gasteiger partial charge in [0.05, 0.1) is 6.10 Å². The Morgan fingerprint density at radius 2 is 2.00 bits per heavy atom. The first-order valence-electron chi connectivity index (χ1n) is 5.37. The summed E-state index contributed by atoms with van der Waals surface area (Å²) in [6.45, 7) is 8.78. The smallest absolute Gasteiger partial charge is 0.214 e. The first kappa shape index (κ1) is 12.0. The molecule has 0 aromatic carbocycles. The van der Waals surface area contributed by atoms with Gasteiger partial charge >= 0.3 is 0 Å². The Bertz CT molecular complexity index is 323. The molecule has 1 rings (SSSR count). The van der Waals surface area contributed by atoms with Crippen LogP contribution in [-0.2, 0) is 6.54 Å². The third-order valence-corrected chi connectivity index (χ3v) is 2.47. The van der Waals surface area contributed by atoms with Crippen molar-refractivity contribution in [2.75, 3.05) is 0 Å². The number of hydrogen-bond acceptors (Lipinski definition) is 3. The van der Waals surface area contributed by atoms with Crippen LogP contribution in [0.1, 0.15) is 32.0 Å². The van der Waals surface area contributed by atoms with E-state index in [9.17, 15) is 0 Å². The minimum Gasteiger partial charge on any atom is -0.474 e. The molecule has 0 spiro atoms. The van der Waals surface area contributed by atoms with E-state index in [4.69, 9.17) is 10.5 Å². The van der Waals surface area contributed by atoms with E-state index in [1.807, 2.05) is 19.1 Å². The quantitative estimate of drug-likeness (QED) is 0.825. The fraction of sp³-hybridized carbons (Fsp3) is 0.583. The Hall–Kier alpha value is -1.09. The zero-order valence-corrected chi connectivity index (χ0v) is 9.95. The van der Waals surface area contributed by atoms with Gasteiger partial charge in [0, 0.05) is 18.3 Å². The summed E-state index contributed by atoms with van der Waals surface area (Å²) in [5.74, 6) is 1.16. The van der Waals surface area contributed by atoms with Crippen LogP contribution in [0.4, 0.5) is 0 Å². The molecule has 0 saturated carbocycles. The Morgan fingerprint density at radius 1 is 1.33 bits per heavy atom. The number of rotatable bonds is 4. The maximum atomic E-state index is 5.73. The second-order valence-electron chi connectivity index (χ2n) is 4.23. The lowest BCUT2D eigenvalue weighted by molar-refractivity contribution is 0.163. The molecule has 1 atom stereocenters. The maximum absolute atomic E-state index is 5.73. The van der Waals surface area contributed by atoms with Crippen LogP contribution in [0.25, 0.3) is 0 Å². The highest BCUT2D eigenvalue weighted by Gasteiger charge is 2.10. The topological polar surface area (TPSA) is 48.1 Å². The van der Waals surface area contributed by atoms with Crippen molar-refractivity contribution in [3.05, 3.63) is 23.4 Å². The van der Waals surface area contributed by atoms with Crippen molar-refractivity contribution in [3.63, 3.8) is 0 Å². The average molecular weight is 208 g/mol. The zero-order chi connectivity index (χ0) is 11.4. The molecule has 0 saturated heterocycles. The molecule has 0 amide bonds. The van der Waals surface area contributed by atoms with Gasteiger partial charge < -0.3 is 10.5 Å². The molecule has 1 heterocycles. The summed E-state index contributed by atoms with van der Waals surface area (Å²) >= 11 is 0. The molecule has 0 fully saturated rings. The van der Waals surface area contributed by atoms with E-state index < -0.39 is 0 Å². The lowest BCUT2D eigenvalue weighted by Crippen LogP contribution is -2.19. The van der Waals surface area contributed by atoms with Crippen LogP contribution in [0.3, 0.4) is 0 Å². The number of hydrogen-bond donors (Lipinski definition) is 1. The summed E-state index contributed by atoms with van der Waals surface area (Å²) in [6, 6.07) is 3.89. The highest BCUT2D eigenvalue weighted by Crippen LogP contribution is 2.16. The summed E-state index contributed by atoms with van der Waals surface area (Å²) < 4.78 is 5.73. The summed E-state index contributed by atoms with van der Waals surface area (Å²) in [5, 5.41) is 0. The largest absolute Gasteiger partial charge is 0.474 e. The maximum Gasteiger partial charge on any atom is 0.214 e.